The normalized spacial score (nSPS) is 11.1. The Kier molecular flexibility index (Phi) is 5.05. The van der Waals surface area contributed by atoms with Gasteiger partial charge < -0.3 is 9.47 Å². The van der Waals surface area contributed by atoms with Crippen LogP contribution in [0.25, 0.3) is 0 Å². The molecule has 0 bridgehead atoms. The molecule has 0 unspecified atom stereocenters. The Morgan fingerprint density at radius 3 is 2.35 bits per heavy atom. The lowest BCUT2D eigenvalue weighted by atomic mass is 10.2. The molecule has 2 aromatic carbocycles. The highest BCUT2D eigenvalue weighted by atomic mass is 19.4. The number of rotatable bonds is 6. The smallest absolute Gasteiger partial charge is 0.422 e. The predicted octanol–water partition coefficient (Wildman–Crippen LogP) is 4.11. The van der Waals surface area contributed by atoms with Crippen LogP contribution in [0.5, 0.6) is 11.5 Å². The first-order valence-electron chi connectivity index (χ1n) is 6.50. The summed E-state index contributed by atoms with van der Waals surface area (Å²) in [7, 11) is 0. The Labute approximate surface area is 129 Å². The van der Waals surface area contributed by atoms with Gasteiger partial charge in [0.25, 0.3) is 0 Å². The van der Waals surface area contributed by atoms with E-state index in [2.05, 4.69) is 4.74 Å². The van der Waals surface area contributed by atoms with E-state index in [0.29, 0.717) is 0 Å². The Hall–Kier alpha value is -2.77. The van der Waals surface area contributed by atoms with Gasteiger partial charge in [-0.15, -0.1) is 0 Å². The topological polar surface area (TPSA) is 61.6 Å². The van der Waals surface area contributed by atoms with Crippen LogP contribution < -0.4 is 9.47 Å². The number of benzene rings is 2. The monoisotopic (exact) mass is 327 g/mol. The number of halogens is 3. The molecule has 0 radical (unpaired) electrons. The van der Waals surface area contributed by atoms with Gasteiger partial charge in [0.15, 0.2) is 6.61 Å². The van der Waals surface area contributed by atoms with E-state index in [0.717, 1.165) is 23.8 Å². The molecule has 0 heterocycles. The summed E-state index contributed by atoms with van der Waals surface area (Å²) < 4.78 is 46.4. The first kappa shape index (κ1) is 16.6. The van der Waals surface area contributed by atoms with Crippen LogP contribution in [0.3, 0.4) is 0 Å². The third-order valence-electron chi connectivity index (χ3n) is 2.77. The maximum absolute atomic E-state index is 12.2. The van der Waals surface area contributed by atoms with Crippen molar-refractivity contribution in [1.82, 2.24) is 0 Å². The average Bonchev–Trinajstić information content (AvgIpc) is 2.51. The van der Waals surface area contributed by atoms with Crippen LogP contribution in [0.2, 0.25) is 0 Å². The second-order valence-corrected chi connectivity index (χ2v) is 4.56. The van der Waals surface area contributed by atoms with E-state index in [4.69, 9.17) is 4.74 Å². The lowest BCUT2D eigenvalue weighted by Gasteiger charge is -2.11. The van der Waals surface area contributed by atoms with Crippen LogP contribution in [-0.2, 0) is 6.61 Å². The van der Waals surface area contributed by atoms with E-state index < -0.39 is 17.7 Å². The molecule has 0 fully saturated rings. The fourth-order valence-electron chi connectivity index (χ4n) is 1.75. The molecule has 2 aromatic rings. The maximum atomic E-state index is 12.2. The molecule has 0 amide bonds. The Balaban J connectivity index is 2.15. The van der Waals surface area contributed by atoms with E-state index in [1.165, 1.54) is 0 Å². The third kappa shape index (κ3) is 5.17. The van der Waals surface area contributed by atoms with Crippen molar-refractivity contribution in [2.45, 2.75) is 12.8 Å². The van der Waals surface area contributed by atoms with Crippen LogP contribution >= 0.6 is 0 Å². The molecular weight excluding hydrogens is 315 g/mol. The van der Waals surface area contributed by atoms with Crippen molar-refractivity contribution in [3.63, 3.8) is 0 Å². The quantitative estimate of drug-likeness (QED) is 0.591. The number of nitro benzene ring substituents is 1. The van der Waals surface area contributed by atoms with Gasteiger partial charge in [-0.1, -0.05) is 30.3 Å². The van der Waals surface area contributed by atoms with Gasteiger partial charge in [-0.2, -0.15) is 13.2 Å². The third-order valence-corrected chi connectivity index (χ3v) is 2.77. The summed E-state index contributed by atoms with van der Waals surface area (Å²) in [6.07, 6.45) is -4.49. The first-order valence-corrected chi connectivity index (χ1v) is 6.50. The van der Waals surface area contributed by atoms with Gasteiger partial charge in [-0.25, -0.2) is 0 Å². The molecule has 0 saturated heterocycles. The predicted molar refractivity (Wildman–Crippen MR) is 75.4 cm³/mol. The summed E-state index contributed by atoms with van der Waals surface area (Å²) >= 11 is 0. The van der Waals surface area contributed by atoms with Crippen LogP contribution in [0.1, 0.15) is 5.56 Å². The number of hydrogen-bond donors (Lipinski definition) is 0. The highest BCUT2D eigenvalue weighted by molar-refractivity contribution is 5.50. The van der Waals surface area contributed by atoms with Gasteiger partial charge >= 0.3 is 11.9 Å². The van der Waals surface area contributed by atoms with Crippen molar-refractivity contribution in [2.24, 2.45) is 0 Å². The molecule has 0 saturated carbocycles. The molecule has 0 aliphatic rings. The molecule has 122 valence electrons. The van der Waals surface area contributed by atoms with Crippen molar-refractivity contribution in [3.05, 3.63) is 64.2 Å². The summed E-state index contributed by atoms with van der Waals surface area (Å²) in [5, 5.41) is 11.0. The molecule has 0 aromatic heterocycles. The molecule has 0 aliphatic heterocycles. The number of nitro groups is 1. The van der Waals surface area contributed by atoms with Crippen LogP contribution in [0.15, 0.2) is 48.5 Å². The fourth-order valence-corrected chi connectivity index (χ4v) is 1.75. The Morgan fingerprint density at radius 1 is 1.04 bits per heavy atom. The number of ether oxygens (including phenoxy) is 2. The number of alkyl halides is 3. The number of hydrogen-bond acceptors (Lipinski definition) is 4. The van der Waals surface area contributed by atoms with Crippen LogP contribution in [0, 0.1) is 10.1 Å². The summed E-state index contributed by atoms with van der Waals surface area (Å²) in [5.74, 6) is -0.311. The highest BCUT2D eigenvalue weighted by Gasteiger charge is 2.28. The standard InChI is InChI=1S/C15H12F3NO4/c16-15(17,18)10-23-12-6-7-13(19(20)21)14(8-12)22-9-11-4-2-1-3-5-11/h1-8H,9-10H2. The second kappa shape index (κ2) is 6.99. The molecule has 23 heavy (non-hydrogen) atoms. The summed E-state index contributed by atoms with van der Waals surface area (Å²) in [6.45, 7) is -1.44. The molecule has 0 N–H and O–H groups in total. The SMILES string of the molecule is O=[N+]([O-])c1ccc(OCC(F)(F)F)cc1OCc1ccccc1. The van der Waals surface area contributed by atoms with Gasteiger partial charge in [0, 0.05) is 12.1 Å². The zero-order valence-corrected chi connectivity index (χ0v) is 11.7. The van der Waals surface area contributed by atoms with Gasteiger partial charge in [0.2, 0.25) is 5.75 Å². The van der Waals surface area contributed by atoms with E-state index in [1.54, 1.807) is 30.3 Å². The van der Waals surface area contributed by atoms with Gasteiger partial charge in [0.1, 0.15) is 12.4 Å². The average molecular weight is 327 g/mol. The van der Waals surface area contributed by atoms with Crippen molar-refractivity contribution >= 4 is 5.69 Å². The molecule has 5 nitrogen and oxygen atoms in total. The summed E-state index contributed by atoms with van der Waals surface area (Å²) in [4.78, 5) is 10.3. The minimum absolute atomic E-state index is 0.0460. The fraction of sp³-hybridized carbons (Fsp3) is 0.200. The van der Waals surface area contributed by atoms with Gasteiger partial charge in [0.05, 0.1) is 4.92 Å². The maximum Gasteiger partial charge on any atom is 0.422 e. The van der Waals surface area contributed by atoms with E-state index >= 15 is 0 Å². The van der Waals surface area contributed by atoms with Crippen molar-refractivity contribution in [2.75, 3.05) is 6.61 Å². The first-order chi connectivity index (χ1) is 10.8. The Morgan fingerprint density at radius 2 is 1.74 bits per heavy atom. The van der Waals surface area contributed by atoms with Crippen LogP contribution in [-0.4, -0.2) is 17.7 Å². The molecule has 2 rings (SSSR count). The van der Waals surface area contributed by atoms with Gasteiger partial charge in [-0.3, -0.25) is 10.1 Å². The molecular formula is C15H12F3NO4. The summed E-state index contributed by atoms with van der Waals surface area (Å²) in [5.41, 5.74) is 0.420. The lowest BCUT2D eigenvalue weighted by Crippen LogP contribution is -2.19. The van der Waals surface area contributed by atoms with Crippen molar-refractivity contribution in [3.8, 4) is 11.5 Å². The zero-order valence-electron chi connectivity index (χ0n) is 11.7. The van der Waals surface area contributed by atoms with Gasteiger partial charge in [-0.05, 0) is 11.6 Å². The Bertz CT molecular complexity index is 674. The van der Waals surface area contributed by atoms with Crippen molar-refractivity contribution < 1.29 is 27.6 Å². The number of nitrogens with zero attached hydrogens (tertiary/aromatic N) is 1. The van der Waals surface area contributed by atoms with E-state index in [9.17, 15) is 23.3 Å². The molecule has 0 spiro atoms. The zero-order chi connectivity index (χ0) is 16.9. The molecule has 8 heteroatoms. The van der Waals surface area contributed by atoms with Crippen molar-refractivity contribution in [1.29, 1.82) is 0 Å². The van der Waals surface area contributed by atoms with E-state index in [-0.39, 0.29) is 23.8 Å². The lowest BCUT2D eigenvalue weighted by molar-refractivity contribution is -0.386. The van der Waals surface area contributed by atoms with E-state index in [1.807, 2.05) is 0 Å². The highest BCUT2D eigenvalue weighted by Crippen LogP contribution is 2.32. The van der Waals surface area contributed by atoms with Crippen LogP contribution in [0.4, 0.5) is 18.9 Å². The largest absolute Gasteiger partial charge is 0.484 e. The second-order valence-electron chi connectivity index (χ2n) is 4.56. The minimum atomic E-state index is -4.49. The summed E-state index contributed by atoms with van der Waals surface area (Å²) in [6, 6.07) is 12.1. The minimum Gasteiger partial charge on any atom is -0.484 e. The molecule has 0 atom stereocenters. The molecule has 0 aliphatic carbocycles.